The molecule has 4 heteroatoms. The van der Waals surface area contributed by atoms with Gasteiger partial charge in [0, 0.05) is 5.56 Å². The van der Waals surface area contributed by atoms with Crippen LogP contribution in [0.2, 0.25) is 0 Å². The Morgan fingerprint density at radius 1 is 1.26 bits per heavy atom. The van der Waals surface area contributed by atoms with E-state index in [1.165, 1.54) is 6.07 Å². The number of nitrogens with one attached hydrogen (secondary N) is 1. The molecule has 1 aromatic carbocycles. The zero-order valence-corrected chi connectivity index (χ0v) is 11.5. The number of halogens is 2. The van der Waals surface area contributed by atoms with E-state index in [-0.39, 0.29) is 12.0 Å². The van der Waals surface area contributed by atoms with E-state index < -0.39 is 11.6 Å². The van der Waals surface area contributed by atoms with Crippen LogP contribution in [0.25, 0.3) is 0 Å². The first-order valence-corrected chi connectivity index (χ1v) is 6.84. The third-order valence-corrected chi connectivity index (χ3v) is 4.35. The molecule has 0 amide bonds. The van der Waals surface area contributed by atoms with Crippen molar-refractivity contribution in [1.29, 1.82) is 0 Å². The van der Waals surface area contributed by atoms with Crippen LogP contribution in [0.4, 0.5) is 8.78 Å². The predicted molar refractivity (Wildman–Crippen MR) is 72.2 cm³/mol. The molecule has 3 N–H and O–H groups in total. The van der Waals surface area contributed by atoms with Crippen molar-refractivity contribution in [3.63, 3.8) is 0 Å². The van der Waals surface area contributed by atoms with Crippen LogP contribution >= 0.6 is 0 Å². The highest BCUT2D eigenvalue weighted by atomic mass is 19.2. The van der Waals surface area contributed by atoms with Crippen LogP contribution in [-0.4, -0.2) is 0 Å². The molecule has 0 radical (unpaired) electrons. The molecule has 1 aliphatic carbocycles. The van der Waals surface area contributed by atoms with E-state index in [1.807, 2.05) is 0 Å². The molecule has 0 spiro atoms. The van der Waals surface area contributed by atoms with E-state index in [0.717, 1.165) is 31.7 Å². The molecular weight excluding hydrogens is 246 g/mol. The van der Waals surface area contributed by atoms with Crippen LogP contribution in [0.3, 0.4) is 0 Å². The topological polar surface area (TPSA) is 38.0 Å². The lowest BCUT2D eigenvalue weighted by Crippen LogP contribution is -2.37. The molecular formula is C15H22F2N2. The van der Waals surface area contributed by atoms with Crippen LogP contribution in [0, 0.1) is 23.0 Å². The molecule has 0 aromatic heterocycles. The van der Waals surface area contributed by atoms with Gasteiger partial charge in [-0.2, -0.15) is 0 Å². The highest BCUT2D eigenvalue weighted by molar-refractivity contribution is 5.23. The SMILES string of the molecule is CC1(C)CCC(C(NN)c2cccc(F)c2F)CC1. The molecule has 19 heavy (non-hydrogen) atoms. The molecule has 0 saturated heterocycles. The molecule has 1 saturated carbocycles. The number of rotatable bonds is 3. The highest BCUT2D eigenvalue weighted by Crippen LogP contribution is 2.42. The summed E-state index contributed by atoms with van der Waals surface area (Å²) in [6.07, 6.45) is 4.15. The van der Waals surface area contributed by atoms with Crippen molar-refractivity contribution in [1.82, 2.24) is 5.43 Å². The summed E-state index contributed by atoms with van der Waals surface area (Å²) in [5, 5.41) is 0. The predicted octanol–water partition coefficient (Wildman–Crippen LogP) is 3.69. The summed E-state index contributed by atoms with van der Waals surface area (Å²) >= 11 is 0. The van der Waals surface area contributed by atoms with E-state index in [4.69, 9.17) is 5.84 Å². The van der Waals surface area contributed by atoms with E-state index in [0.29, 0.717) is 11.0 Å². The molecule has 0 heterocycles. The molecule has 2 rings (SSSR count). The van der Waals surface area contributed by atoms with Gasteiger partial charge in [-0.15, -0.1) is 0 Å². The molecule has 106 valence electrons. The summed E-state index contributed by atoms with van der Waals surface area (Å²) < 4.78 is 27.2. The maximum absolute atomic E-state index is 13.9. The van der Waals surface area contributed by atoms with Crippen molar-refractivity contribution in [3.05, 3.63) is 35.4 Å². The number of nitrogens with two attached hydrogens (primary N) is 1. The summed E-state index contributed by atoms with van der Waals surface area (Å²) in [7, 11) is 0. The molecule has 2 nitrogen and oxygen atoms in total. The lowest BCUT2D eigenvalue weighted by atomic mass is 9.70. The summed E-state index contributed by atoms with van der Waals surface area (Å²) in [5.74, 6) is 4.25. The van der Waals surface area contributed by atoms with Gasteiger partial charge in [-0.05, 0) is 43.1 Å². The Labute approximate surface area is 113 Å². The average Bonchev–Trinajstić information content (AvgIpc) is 2.37. The molecule has 1 atom stereocenters. The van der Waals surface area contributed by atoms with Gasteiger partial charge in [-0.3, -0.25) is 11.3 Å². The second-order valence-electron chi connectivity index (χ2n) is 6.29. The number of hydrazine groups is 1. The molecule has 0 bridgehead atoms. The van der Waals surface area contributed by atoms with Gasteiger partial charge in [0.25, 0.3) is 0 Å². The fourth-order valence-corrected chi connectivity index (χ4v) is 3.00. The van der Waals surface area contributed by atoms with Gasteiger partial charge in [-0.1, -0.05) is 26.0 Å². The Bertz CT molecular complexity index is 436. The second kappa shape index (κ2) is 5.55. The van der Waals surface area contributed by atoms with Crippen molar-refractivity contribution in [2.45, 2.75) is 45.6 Å². The molecule has 1 unspecified atom stereocenters. The van der Waals surface area contributed by atoms with Crippen molar-refractivity contribution in [3.8, 4) is 0 Å². The van der Waals surface area contributed by atoms with Gasteiger partial charge in [0.15, 0.2) is 11.6 Å². The Morgan fingerprint density at radius 2 is 1.89 bits per heavy atom. The first-order valence-electron chi connectivity index (χ1n) is 6.84. The largest absolute Gasteiger partial charge is 0.271 e. The Morgan fingerprint density at radius 3 is 2.47 bits per heavy atom. The van der Waals surface area contributed by atoms with Gasteiger partial charge < -0.3 is 0 Å². The Hall–Kier alpha value is -1.00. The lowest BCUT2D eigenvalue weighted by Gasteiger charge is -2.38. The van der Waals surface area contributed by atoms with E-state index in [1.54, 1.807) is 6.07 Å². The Kier molecular flexibility index (Phi) is 4.21. The van der Waals surface area contributed by atoms with Crippen molar-refractivity contribution >= 4 is 0 Å². The number of benzene rings is 1. The lowest BCUT2D eigenvalue weighted by molar-refractivity contribution is 0.160. The quantitative estimate of drug-likeness (QED) is 0.648. The summed E-state index contributed by atoms with van der Waals surface area (Å²) in [6.45, 7) is 4.49. The minimum Gasteiger partial charge on any atom is -0.271 e. The first kappa shape index (κ1) is 14.4. The highest BCUT2D eigenvalue weighted by Gasteiger charge is 2.33. The zero-order valence-electron chi connectivity index (χ0n) is 11.5. The Balaban J connectivity index is 2.19. The maximum atomic E-state index is 13.9. The van der Waals surface area contributed by atoms with E-state index >= 15 is 0 Å². The van der Waals surface area contributed by atoms with Crippen LogP contribution in [0.15, 0.2) is 18.2 Å². The zero-order chi connectivity index (χ0) is 14.0. The first-order chi connectivity index (χ1) is 8.94. The van der Waals surface area contributed by atoms with Crippen LogP contribution in [0.5, 0.6) is 0 Å². The third kappa shape index (κ3) is 3.12. The maximum Gasteiger partial charge on any atom is 0.163 e. The van der Waals surface area contributed by atoms with E-state index in [2.05, 4.69) is 19.3 Å². The van der Waals surface area contributed by atoms with E-state index in [9.17, 15) is 8.78 Å². The molecule has 1 aromatic rings. The van der Waals surface area contributed by atoms with Gasteiger partial charge in [0.1, 0.15) is 0 Å². The monoisotopic (exact) mass is 268 g/mol. The van der Waals surface area contributed by atoms with Gasteiger partial charge >= 0.3 is 0 Å². The van der Waals surface area contributed by atoms with Gasteiger partial charge in [0.2, 0.25) is 0 Å². The van der Waals surface area contributed by atoms with Crippen LogP contribution < -0.4 is 11.3 Å². The van der Waals surface area contributed by atoms with Crippen LogP contribution in [0.1, 0.15) is 51.1 Å². The fraction of sp³-hybridized carbons (Fsp3) is 0.600. The summed E-state index contributed by atoms with van der Waals surface area (Å²) in [4.78, 5) is 0. The smallest absolute Gasteiger partial charge is 0.163 e. The molecule has 1 fully saturated rings. The molecule has 0 aliphatic heterocycles. The molecule has 1 aliphatic rings. The summed E-state index contributed by atoms with van der Waals surface area (Å²) in [6, 6.07) is 3.97. The van der Waals surface area contributed by atoms with Gasteiger partial charge in [0.05, 0.1) is 6.04 Å². The minimum absolute atomic E-state index is 0.259. The fourth-order valence-electron chi connectivity index (χ4n) is 3.00. The normalized spacial score (nSPS) is 21.3. The van der Waals surface area contributed by atoms with Crippen molar-refractivity contribution in [2.24, 2.45) is 17.2 Å². The summed E-state index contributed by atoms with van der Waals surface area (Å²) in [5.41, 5.74) is 3.36. The average molecular weight is 268 g/mol. The van der Waals surface area contributed by atoms with Gasteiger partial charge in [-0.25, -0.2) is 8.78 Å². The van der Waals surface area contributed by atoms with Crippen molar-refractivity contribution < 1.29 is 8.78 Å². The number of hydrogen-bond acceptors (Lipinski definition) is 2. The standard InChI is InChI=1S/C15H22F2N2/c1-15(2)8-6-10(7-9-15)14(19-18)11-4-3-5-12(16)13(11)17/h3-5,10,14,19H,6-9,18H2,1-2H3. The van der Waals surface area contributed by atoms with Crippen molar-refractivity contribution in [2.75, 3.05) is 0 Å². The second-order valence-corrected chi connectivity index (χ2v) is 6.29. The van der Waals surface area contributed by atoms with Crippen LogP contribution in [-0.2, 0) is 0 Å². The number of hydrogen-bond donors (Lipinski definition) is 2. The minimum atomic E-state index is -0.811. The third-order valence-electron chi connectivity index (χ3n) is 4.35.